The third-order valence-corrected chi connectivity index (χ3v) is 5.76. The van der Waals surface area contributed by atoms with Gasteiger partial charge in [0.1, 0.15) is 18.1 Å². The summed E-state index contributed by atoms with van der Waals surface area (Å²) in [6, 6.07) is -4.34. The average molecular weight is 510 g/mol. The van der Waals surface area contributed by atoms with E-state index < -0.39 is 53.8 Å². The molecular formula is C23H39N7O6. The molecule has 1 aromatic heterocycles. The van der Waals surface area contributed by atoms with Crippen molar-refractivity contribution >= 4 is 29.6 Å². The molecule has 13 nitrogen and oxygen atoms in total. The number of hydrogen-bond acceptors (Lipinski definition) is 7. The van der Waals surface area contributed by atoms with Crippen molar-refractivity contribution in [3.8, 4) is 0 Å². The molecule has 1 heterocycles. The van der Waals surface area contributed by atoms with Crippen LogP contribution in [0.15, 0.2) is 12.5 Å². The fraction of sp³-hybridized carbons (Fsp3) is 0.652. The number of carbonyl (C=O) groups is 5. The smallest absolute Gasteiger partial charge is 0.326 e. The van der Waals surface area contributed by atoms with Gasteiger partial charge in [-0.05, 0) is 24.7 Å². The second-order valence-corrected chi connectivity index (χ2v) is 9.35. The van der Waals surface area contributed by atoms with Gasteiger partial charge < -0.3 is 37.5 Å². The molecule has 1 rings (SSSR count). The number of carbonyl (C=O) groups excluding carboxylic acids is 4. The number of hydrogen-bond donors (Lipinski definition) is 7. The molecule has 9 N–H and O–H groups in total. The Hall–Kier alpha value is -3.48. The Kier molecular flexibility index (Phi) is 12.6. The van der Waals surface area contributed by atoms with Gasteiger partial charge in [0.2, 0.25) is 23.6 Å². The molecule has 36 heavy (non-hydrogen) atoms. The van der Waals surface area contributed by atoms with E-state index in [1.807, 2.05) is 20.8 Å². The highest BCUT2D eigenvalue weighted by Gasteiger charge is 2.33. The minimum atomic E-state index is -1.36. The quantitative estimate of drug-likeness (QED) is 0.149. The minimum Gasteiger partial charge on any atom is -0.480 e. The second kappa shape index (κ2) is 14.8. The zero-order valence-electron chi connectivity index (χ0n) is 21.2. The van der Waals surface area contributed by atoms with Crippen LogP contribution in [0.1, 0.15) is 59.1 Å². The third-order valence-electron chi connectivity index (χ3n) is 5.76. The number of primary amides is 1. The molecule has 0 radical (unpaired) electrons. The van der Waals surface area contributed by atoms with E-state index in [1.54, 1.807) is 6.92 Å². The van der Waals surface area contributed by atoms with Crippen LogP contribution in [0.5, 0.6) is 0 Å². The number of rotatable bonds is 16. The first-order valence-electron chi connectivity index (χ1n) is 12.0. The molecular weight excluding hydrogens is 470 g/mol. The van der Waals surface area contributed by atoms with Gasteiger partial charge in [0.15, 0.2) is 0 Å². The fourth-order valence-electron chi connectivity index (χ4n) is 3.48. The highest BCUT2D eigenvalue weighted by Crippen LogP contribution is 2.11. The maximum absolute atomic E-state index is 13.3. The molecule has 0 fully saturated rings. The van der Waals surface area contributed by atoms with Gasteiger partial charge in [0, 0.05) is 24.7 Å². The summed E-state index contributed by atoms with van der Waals surface area (Å²) in [6.45, 7) is 7.38. The SMILES string of the molecule is CCC(C)C(NC(=O)C(Cc1cnc[nH]1)NC(=O)C(N)CC(C)C)C(=O)NC(CCC(N)=O)C(=O)O. The van der Waals surface area contributed by atoms with Crippen molar-refractivity contribution in [2.24, 2.45) is 23.3 Å². The maximum Gasteiger partial charge on any atom is 0.326 e. The number of amides is 4. The van der Waals surface area contributed by atoms with Crippen LogP contribution < -0.4 is 27.4 Å². The summed E-state index contributed by atoms with van der Waals surface area (Å²) < 4.78 is 0. The molecule has 0 bridgehead atoms. The topological polar surface area (TPSA) is 222 Å². The van der Waals surface area contributed by atoms with Crippen LogP contribution in [0.25, 0.3) is 0 Å². The van der Waals surface area contributed by atoms with E-state index >= 15 is 0 Å². The largest absolute Gasteiger partial charge is 0.480 e. The van der Waals surface area contributed by atoms with Crippen molar-refractivity contribution in [2.45, 2.75) is 84.0 Å². The summed E-state index contributed by atoms with van der Waals surface area (Å²) in [5.74, 6) is -4.10. The number of H-pyrrole nitrogens is 1. The minimum absolute atomic E-state index is 0.0666. The van der Waals surface area contributed by atoms with Crippen LogP contribution in [0.4, 0.5) is 0 Å². The second-order valence-electron chi connectivity index (χ2n) is 9.35. The lowest BCUT2D eigenvalue weighted by atomic mass is 9.96. The predicted octanol–water partition coefficient (Wildman–Crippen LogP) is -0.824. The van der Waals surface area contributed by atoms with Crippen molar-refractivity contribution in [1.29, 1.82) is 0 Å². The molecule has 4 amide bonds. The maximum atomic E-state index is 13.3. The Morgan fingerprint density at radius 3 is 2.17 bits per heavy atom. The van der Waals surface area contributed by atoms with Crippen molar-refractivity contribution in [2.75, 3.05) is 0 Å². The van der Waals surface area contributed by atoms with E-state index in [9.17, 15) is 29.1 Å². The highest BCUT2D eigenvalue weighted by atomic mass is 16.4. The molecule has 0 aliphatic heterocycles. The normalized spacial score (nSPS) is 15.3. The lowest BCUT2D eigenvalue weighted by molar-refractivity contribution is -0.143. The molecule has 5 unspecified atom stereocenters. The predicted molar refractivity (Wildman–Crippen MR) is 131 cm³/mol. The van der Waals surface area contributed by atoms with E-state index in [1.165, 1.54) is 12.5 Å². The zero-order valence-corrected chi connectivity index (χ0v) is 21.2. The van der Waals surface area contributed by atoms with Gasteiger partial charge in [-0.2, -0.15) is 0 Å². The molecule has 5 atom stereocenters. The van der Waals surface area contributed by atoms with E-state index in [4.69, 9.17) is 11.5 Å². The molecule has 0 saturated heterocycles. The first-order chi connectivity index (χ1) is 16.8. The zero-order chi connectivity index (χ0) is 27.4. The highest BCUT2D eigenvalue weighted by molar-refractivity contribution is 5.94. The number of aromatic amines is 1. The summed E-state index contributed by atoms with van der Waals surface area (Å²) in [4.78, 5) is 68.3. The third kappa shape index (κ3) is 10.4. The van der Waals surface area contributed by atoms with E-state index in [0.717, 1.165) is 0 Å². The van der Waals surface area contributed by atoms with Crippen LogP contribution >= 0.6 is 0 Å². The Balaban J connectivity index is 3.06. The molecule has 202 valence electrons. The molecule has 0 saturated carbocycles. The molecule has 13 heteroatoms. The van der Waals surface area contributed by atoms with Crippen LogP contribution in [-0.4, -0.2) is 68.8 Å². The summed E-state index contributed by atoms with van der Waals surface area (Å²) in [5, 5.41) is 17.1. The van der Waals surface area contributed by atoms with E-state index in [-0.39, 0.29) is 31.1 Å². The van der Waals surface area contributed by atoms with Gasteiger partial charge in [0.05, 0.1) is 12.4 Å². The monoisotopic (exact) mass is 509 g/mol. The van der Waals surface area contributed by atoms with Gasteiger partial charge in [0.25, 0.3) is 0 Å². The summed E-state index contributed by atoms with van der Waals surface area (Å²) >= 11 is 0. The van der Waals surface area contributed by atoms with Gasteiger partial charge in [-0.3, -0.25) is 19.2 Å². The van der Waals surface area contributed by atoms with Crippen LogP contribution in [0.2, 0.25) is 0 Å². The number of nitrogens with one attached hydrogen (secondary N) is 4. The summed E-state index contributed by atoms with van der Waals surface area (Å²) in [5.41, 5.74) is 11.6. The van der Waals surface area contributed by atoms with Crippen molar-refractivity contribution < 1.29 is 29.1 Å². The Labute approximate surface area is 210 Å². The summed E-state index contributed by atoms with van der Waals surface area (Å²) in [6.07, 6.45) is 3.51. The van der Waals surface area contributed by atoms with Crippen LogP contribution in [0, 0.1) is 11.8 Å². The standard InChI is InChI=1S/C23H39N7O6/c1-5-13(4)19(22(34)28-16(23(35)36)6-7-18(25)31)30-21(33)17(9-14-10-26-11-27-14)29-20(32)15(24)8-12(2)3/h10-13,15-17,19H,5-9,24H2,1-4H3,(H2,25,31)(H,26,27)(H,28,34)(H,29,32)(H,30,33)(H,35,36). The Bertz CT molecular complexity index is 890. The Morgan fingerprint density at radius 1 is 1.03 bits per heavy atom. The molecule has 0 aliphatic carbocycles. The van der Waals surface area contributed by atoms with E-state index in [2.05, 4.69) is 25.9 Å². The van der Waals surface area contributed by atoms with Crippen molar-refractivity contribution in [1.82, 2.24) is 25.9 Å². The van der Waals surface area contributed by atoms with Crippen LogP contribution in [0.3, 0.4) is 0 Å². The number of nitrogens with zero attached hydrogens (tertiary/aromatic N) is 1. The number of carboxylic acid groups (broad SMARTS) is 1. The van der Waals surface area contributed by atoms with Gasteiger partial charge >= 0.3 is 5.97 Å². The molecule has 1 aromatic rings. The number of aliphatic carboxylic acids is 1. The number of imidazole rings is 1. The lowest BCUT2D eigenvalue weighted by Gasteiger charge is -2.28. The number of aromatic nitrogens is 2. The Morgan fingerprint density at radius 2 is 1.67 bits per heavy atom. The van der Waals surface area contributed by atoms with Gasteiger partial charge in [-0.25, -0.2) is 9.78 Å². The lowest BCUT2D eigenvalue weighted by Crippen LogP contribution is -2.59. The van der Waals surface area contributed by atoms with E-state index in [0.29, 0.717) is 18.5 Å². The molecule has 0 aliphatic rings. The molecule has 0 aromatic carbocycles. The van der Waals surface area contributed by atoms with Gasteiger partial charge in [-0.1, -0.05) is 34.1 Å². The molecule has 0 spiro atoms. The average Bonchev–Trinajstić information content (AvgIpc) is 3.31. The number of nitrogens with two attached hydrogens (primary N) is 2. The fourth-order valence-corrected chi connectivity index (χ4v) is 3.48. The number of carboxylic acids is 1. The van der Waals surface area contributed by atoms with Gasteiger partial charge in [-0.15, -0.1) is 0 Å². The first-order valence-corrected chi connectivity index (χ1v) is 12.0. The first kappa shape index (κ1) is 30.6. The van der Waals surface area contributed by atoms with Crippen molar-refractivity contribution in [3.63, 3.8) is 0 Å². The van der Waals surface area contributed by atoms with Crippen LogP contribution in [-0.2, 0) is 30.4 Å². The van der Waals surface area contributed by atoms with Crippen molar-refractivity contribution in [3.05, 3.63) is 18.2 Å². The summed E-state index contributed by atoms with van der Waals surface area (Å²) in [7, 11) is 0.